The van der Waals surface area contributed by atoms with Crippen molar-refractivity contribution in [3.63, 3.8) is 0 Å². The van der Waals surface area contributed by atoms with Gasteiger partial charge in [-0.25, -0.2) is 0 Å². The number of nitrogens with two attached hydrogens (primary N) is 1. The Kier molecular flexibility index (Phi) is 4.06. The fraction of sp³-hybridized carbons (Fsp3) is 0.529. The zero-order valence-corrected chi connectivity index (χ0v) is 12.6. The number of hydrogen-bond donors (Lipinski definition) is 1. The Morgan fingerprint density at radius 2 is 2.10 bits per heavy atom. The molecule has 4 nitrogen and oxygen atoms in total. The number of carbonyl (C=O) groups is 1. The molecule has 1 aliphatic rings. The number of aryl methyl sites for hydroxylation is 1. The van der Waals surface area contributed by atoms with Crippen LogP contribution in [0.25, 0.3) is 10.9 Å². The molecule has 0 amide bonds. The highest BCUT2D eigenvalue weighted by Gasteiger charge is 2.30. The van der Waals surface area contributed by atoms with E-state index in [1.165, 1.54) is 6.42 Å². The van der Waals surface area contributed by atoms with Crippen molar-refractivity contribution in [3.05, 3.63) is 30.0 Å². The number of Topliss-reactive ketones (excluding diaryl/α,β-unsaturated/α-hetero) is 1. The highest BCUT2D eigenvalue weighted by Crippen LogP contribution is 2.31. The molecule has 2 unspecified atom stereocenters. The van der Waals surface area contributed by atoms with Gasteiger partial charge in [-0.05, 0) is 31.4 Å². The van der Waals surface area contributed by atoms with E-state index >= 15 is 0 Å². The SMILES string of the molecule is Cn1nc(CC(=O)C2CCCCC2CN)c2ccccc21. The smallest absolute Gasteiger partial charge is 0.142 e. The fourth-order valence-corrected chi connectivity index (χ4v) is 3.63. The van der Waals surface area contributed by atoms with E-state index in [-0.39, 0.29) is 5.92 Å². The molecule has 0 saturated heterocycles. The molecule has 1 aromatic heterocycles. The summed E-state index contributed by atoms with van der Waals surface area (Å²) in [5.41, 5.74) is 7.83. The second-order valence-corrected chi connectivity index (χ2v) is 6.12. The molecule has 2 N–H and O–H groups in total. The van der Waals surface area contributed by atoms with E-state index < -0.39 is 0 Å². The quantitative estimate of drug-likeness (QED) is 0.938. The minimum atomic E-state index is 0.129. The first-order valence-corrected chi connectivity index (χ1v) is 7.84. The highest BCUT2D eigenvalue weighted by molar-refractivity contribution is 5.89. The number of fused-ring (bicyclic) bond motifs is 1. The first-order chi connectivity index (χ1) is 10.2. The van der Waals surface area contributed by atoms with Crippen molar-refractivity contribution in [2.24, 2.45) is 24.6 Å². The normalized spacial score (nSPS) is 22.6. The highest BCUT2D eigenvalue weighted by atomic mass is 16.1. The number of benzene rings is 1. The summed E-state index contributed by atoms with van der Waals surface area (Å²) in [6.45, 7) is 0.624. The minimum absolute atomic E-state index is 0.129. The average molecular weight is 285 g/mol. The van der Waals surface area contributed by atoms with Crippen LogP contribution in [0, 0.1) is 11.8 Å². The summed E-state index contributed by atoms with van der Waals surface area (Å²) in [6, 6.07) is 8.09. The van der Waals surface area contributed by atoms with Gasteiger partial charge < -0.3 is 5.73 Å². The first kappa shape index (κ1) is 14.3. The number of para-hydroxylation sites is 1. The fourth-order valence-electron chi connectivity index (χ4n) is 3.63. The zero-order chi connectivity index (χ0) is 14.8. The van der Waals surface area contributed by atoms with Gasteiger partial charge in [0.15, 0.2) is 0 Å². The average Bonchev–Trinajstić information content (AvgIpc) is 2.84. The third-order valence-electron chi connectivity index (χ3n) is 4.80. The van der Waals surface area contributed by atoms with Crippen molar-refractivity contribution in [2.75, 3.05) is 6.54 Å². The van der Waals surface area contributed by atoms with Crippen molar-refractivity contribution < 1.29 is 4.79 Å². The molecule has 112 valence electrons. The van der Waals surface area contributed by atoms with Crippen LogP contribution in [0.5, 0.6) is 0 Å². The molecule has 1 fully saturated rings. The van der Waals surface area contributed by atoms with Crippen molar-refractivity contribution in [1.29, 1.82) is 0 Å². The van der Waals surface area contributed by atoms with E-state index in [4.69, 9.17) is 5.73 Å². The second kappa shape index (κ2) is 5.98. The Bertz CT molecular complexity index is 647. The molecule has 1 aromatic carbocycles. The van der Waals surface area contributed by atoms with Crippen molar-refractivity contribution in [3.8, 4) is 0 Å². The molecule has 21 heavy (non-hydrogen) atoms. The number of nitrogens with zero attached hydrogens (tertiary/aromatic N) is 2. The van der Waals surface area contributed by atoms with Crippen LogP contribution < -0.4 is 5.73 Å². The van der Waals surface area contributed by atoms with E-state index in [1.807, 2.05) is 36.0 Å². The summed E-state index contributed by atoms with van der Waals surface area (Å²) >= 11 is 0. The summed E-state index contributed by atoms with van der Waals surface area (Å²) in [4.78, 5) is 12.7. The molecule has 3 rings (SSSR count). The number of aromatic nitrogens is 2. The van der Waals surface area contributed by atoms with Crippen molar-refractivity contribution in [2.45, 2.75) is 32.1 Å². The van der Waals surface area contributed by atoms with E-state index in [0.717, 1.165) is 35.9 Å². The van der Waals surface area contributed by atoms with Crippen LogP contribution in [-0.2, 0) is 18.3 Å². The topological polar surface area (TPSA) is 60.9 Å². The van der Waals surface area contributed by atoms with Gasteiger partial charge >= 0.3 is 0 Å². The molecule has 0 bridgehead atoms. The van der Waals surface area contributed by atoms with Gasteiger partial charge in [0.25, 0.3) is 0 Å². The predicted molar refractivity (Wildman–Crippen MR) is 83.9 cm³/mol. The van der Waals surface area contributed by atoms with Crippen LogP contribution in [0.2, 0.25) is 0 Å². The van der Waals surface area contributed by atoms with Crippen LogP contribution in [0.15, 0.2) is 24.3 Å². The Morgan fingerprint density at radius 3 is 2.90 bits per heavy atom. The van der Waals surface area contributed by atoms with E-state index in [0.29, 0.717) is 24.7 Å². The van der Waals surface area contributed by atoms with E-state index in [9.17, 15) is 4.79 Å². The maximum absolute atomic E-state index is 12.7. The van der Waals surface area contributed by atoms with Gasteiger partial charge in [0, 0.05) is 18.4 Å². The van der Waals surface area contributed by atoms with Gasteiger partial charge in [-0.15, -0.1) is 0 Å². The monoisotopic (exact) mass is 285 g/mol. The van der Waals surface area contributed by atoms with Gasteiger partial charge in [-0.1, -0.05) is 31.0 Å². The summed E-state index contributed by atoms with van der Waals surface area (Å²) in [5, 5.41) is 5.63. The summed E-state index contributed by atoms with van der Waals surface area (Å²) in [7, 11) is 1.93. The molecule has 0 spiro atoms. The molecule has 1 aliphatic carbocycles. The van der Waals surface area contributed by atoms with Crippen LogP contribution in [0.1, 0.15) is 31.4 Å². The third kappa shape index (κ3) is 2.72. The van der Waals surface area contributed by atoms with Crippen LogP contribution in [-0.4, -0.2) is 22.1 Å². The Morgan fingerprint density at radius 1 is 1.33 bits per heavy atom. The van der Waals surface area contributed by atoms with Crippen LogP contribution >= 0.6 is 0 Å². The molecule has 1 heterocycles. The number of hydrogen-bond acceptors (Lipinski definition) is 3. The Hall–Kier alpha value is -1.68. The number of rotatable bonds is 4. The Balaban J connectivity index is 1.83. The minimum Gasteiger partial charge on any atom is -0.330 e. The number of ketones is 1. The van der Waals surface area contributed by atoms with E-state index in [2.05, 4.69) is 5.10 Å². The molecule has 2 atom stereocenters. The molecule has 2 aromatic rings. The first-order valence-electron chi connectivity index (χ1n) is 7.84. The largest absolute Gasteiger partial charge is 0.330 e. The van der Waals surface area contributed by atoms with Gasteiger partial charge in [-0.2, -0.15) is 5.10 Å². The van der Waals surface area contributed by atoms with E-state index in [1.54, 1.807) is 0 Å². The summed E-state index contributed by atoms with van der Waals surface area (Å²) in [6.07, 6.45) is 4.87. The summed E-state index contributed by atoms with van der Waals surface area (Å²) in [5.74, 6) is 0.805. The summed E-state index contributed by atoms with van der Waals surface area (Å²) < 4.78 is 1.86. The lowest BCUT2D eigenvalue weighted by Gasteiger charge is -2.29. The van der Waals surface area contributed by atoms with Crippen LogP contribution in [0.4, 0.5) is 0 Å². The number of carbonyl (C=O) groups excluding carboxylic acids is 1. The maximum Gasteiger partial charge on any atom is 0.142 e. The standard InChI is InChI=1S/C17H23N3O/c1-20-16-9-5-4-8-14(16)15(19-20)10-17(21)13-7-3-2-6-12(13)11-18/h4-5,8-9,12-13H,2-3,6-7,10-11,18H2,1H3. The molecular weight excluding hydrogens is 262 g/mol. The second-order valence-electron chi connectivity index (χ2n) is 6.12. The maximum atomic E-state index is 12.7. The van der Waals surface area contributed by atoms with Crippen LogP contribution in [0.3, 0.4) is 0 Å². The zero-order valence-electron chi connectivity index (χ0n) is 12.6. The van der Waals surface area contributed by atoms with Crippen molar-refractivity contribution >= 4 is 16.7 Å². The van der Waals surface area contributed by atoms with Gasteiger partial charge in [0.05, 0.1) is 17.6 Å². The third-order valence-corrected chi connectivity index (χ3v) is 4.80. The van der Waals surface area contributed by atoms with Gasteiger partial charge in [0.2, 0.25) is 0 Å². The lowest BCUT2D eigenvalue weighted by molar-refractivity contribution is -0.124. The van der Waals surface area contributed by atoms with Gasteiger partial charge in [-0.3, -0.25) is 9.48 Å². The molecule has 1 saturated carbocycles. The van der Waals surface area contributed by atoms with Gasteiger partial charge in [0.1, 0.15) is 5.78 Å². The predicted octanol–water partition coefficient (Wildman–Crippen LogP) is 2.45. The molecule has 0 radical (unpaired) electrons. The molecule has 0 aliphatic heterocycles. The lowest BCUT2D eigenvalue weighted by atomic mass is 9.76. The molecular formula is C17H23N3O. The Labute approximate surface area is 125 Å². The molecule has 4 heteroatoms. The lowest BCUT2D eigenvalue weighted by Crippen LogP contribution is -2.33. The van der Waals surface area contributed by atoms with Crippen molar-refractivity contribution in [1.82, 2.24) is 9.78 Å².